The maximum absolute atomic E-state index is 13.7. The van der Waals surface area contributed by atoms with Crippen molar-refractivity contribution in [3.05, 3.63) is 53.2 Å². The minimum Gasteiger partial charge on any atom is -0.490 e. The molecule has 1 aromatic carbocycles. The number of piperidine rings is 1. The number of alkyl halides is 3. The minimum absolute atomic E-state index is 0.0374. The standard InChI is InChI=1S/C23H26F5N3O3/c1-13-7-22(33,14-3-4-18(24)19(25)5-14)8-15(30-13)10-34-16-6-17(23(26,27)28)20(29-9-16)31-11-21(2,32)12-31/h3-6,9,13,15,30,32-33H,7-8,10-12H2,1-2H3/t13-,15-,22-/m0/s1. The van der Waals surface area contributed by atoms with Crippen LogP contribution in [0.25, 0.3) is 0 Å². The molecule has 0 radical (unpaired) electrons. The summed E-state index contributed by atoms with van der Waals surface area (Å²) in [5.41, 5.74) is -3.27. The van der Waals surface area contributed by atoms with E-state index in [1.165, 1.54) is 24.1 Å². The Morgan fingerprint density at radius 1 is 1.15 bits per heavy atom. The lowest BCUT2D eigenvalue weighted by molar-refractivity contribution is -0.137. The third-order valence-electron chi connectivity index (χ3n) is 6.17. The maximum atomic E-state index is 13.7. The van der Waals surface area contributed by atoms with Gasteiger partial charge in [0.2, 0.25) is 0 Å². The first kappa shape index (κ1) is 24.6. The molecule has 0 saturated carbocycles. The highest BCUT2D eigenvalue weighted by molar-refractivity contribution is 5.54. The van der Waals surface area contributed by atoms with Gasteiger partial charge in [-0.25, -0.2) is 13.8 Å². The monoisotopic (exact) mass is 487 g/mol. The van der Waals surface area contributed by atoms with Gasteiger partial charge in [0.05, 0.1) is 17.4 Å². The largest absolute Gasteiger partial charge is 0.490 e. The van der Waals surface area contributed by atoms with Gasteiger partial charge in [-0.05, 0) is 50.5 Å². The second kappa shape index (κ2) is 8.62. The molecule has 0 amide bonds. The van der Waals surface area contributed by atoms with Gasteiger partial charge in [0.25, 0.3) is 0 Å². The van der Waals surface area contributed by atoms with Crippen LogP contribution in [-0.4, -0.2) is 52.6 Å². The smallest absolute Gasteiger partial charge is 0.420 e. The van der Waals surface area contributed by atoms with E-state index in [1.54, 1.807) is 6.92 Å². The van der Waals surface area contributed by atoms with Gasteiger partial charge < -0.3 is 25.2 Å². The van der Waals surface area contributed by atoms with Gasteiger partial charge in [0, 0.05) is 25.2 Å². The molecule has 0 bridgehead atoms. The number of hydrogen-bond acceptors (Lipinski definition) is 6. The van der Waals surface area contributed by atoms with Gasteiger partial charge in [0.1, 0.15) is 23.7 Å². The summed E-state index contributed by atoms with van der Waals surface area (Å²) in [5.74, 6) is -2.46. The molecule has 2 aliphatic rings. The van der Waals surface area contributed by atoms with Crippen molar-refractivity contribution in [2.45, 2.75) is 56.2 Å². The predicted octanol–water partition coefficient (Wildman–Crippen LogP) is 3.36. The fourth-order valence-corrected chi connectivity index (χ4v) is 4.75. The van der Waals surface area contributed by atoms with Crippen LogP contribution in [0.2, 0.25) is 0 Å². The second-order valence-corrected chi connectivity index (χ2v) is 9.54. The predicted molar refractivity (Wildman–Crippen MR) is 113 cm³/mol. The number of rotatable bonds is 5. The van der Waals surface area contributed by atoms with Crippen molar-refractivity contribution in [1.82, 2.24) is 10.3 Å². The van der Waals surface area contributed by atoms with E-state index in [4.69, 9.17) is 4.74 Å². The van der Waals surface area contributed by atoms with Crippen molar-refractivity contribution in [2.75, 3.05) is 24.6 Å². The number of aliphatic hydroxyl groups is 2. The van der Waals surface area contributed by atoms with Gasteiger partial charge >= 0.3 is 6.18 Å². The summed E-state index contributed by atoms with van der Waals surface area (Å²) >= 11 is 0. The van der Waals surface area contributed by atoms with Crippen LogP contribution in [0.3, 0.4) is 0 Å². The third kappa shape index (κ3) is 5.11. The Morgan fingerprint density at radius 3 is 2.47 bits per heavy atom. The number of pyridine rings is 1. The number of anilines is 1. The Morgan fingerprint density at radius 2 is 1.85 bits per heavy atom. The molecule has 3 N–H and O–H groups in total. The molecule has 3 heterocycles. The molecule has 2 aromatic rings. The fourth-order valence-electron chi connectivity index (χ4n) is 4.75. The number of ether oxygens (including phenoxy) is 1. The van der Waals surface area contributed by atoms with Crippen molar-refractivity contribution in [2.24, 2.45) is 0 Å². The van der Waals surface area contributed by atoms with Crippen molar-refractivity contribution < 1.29 is 36.9 Å². The minimum atomic E-state index is -4.67. The zero-order chi connectivity index (χ0) is 24.9. The molecule has 3 atom stereocenters. The van der Waals surface area contributed by atoms with Crippen LogP contribution in [0.5, 0.6) is 5.75 Å². The van der Waals surface area contributed by atoms with Gasteiger partial charge in [-0.3, -0.25) is 0 Å². The molecule has 0 spiro atoms. The summed E-state index contributed by atoms with van der Waals surface area (Å²) < 4.78 is 73.6. The van der Waals surface area contributed by atoms with E-state index in [1.807, 2.05) is 0 Å². The molecule has 186 valence electrons. The van der Waals surface area contributed by atoms with Gasteiger partial charge in [-0.1, -0.05) is 6.07 Å². The van der Waals surface area contributed by atoms with Crippen LogP contribution in [0.4, 0.5) is 27.8 Å². The molecule has 2 aliphatic heterocycles. The van der Waals surface area contributed by atoms with Crippen LogP contribution < -0.4 is 15.0 Å². The second-order valence-electron chi connectivity index (χ2n) is 9.54. The first-order chi connectivity index (χ1) is 15.8. The molecule has 0 aliphatic carbocycles. The van der Waals surface area contributed by atoms with E-state index in [-0.39, 0.29) is 55.7 Å². The van der Waals surface area contributed by atoms with Crippen molar-refractivity contribution >= 4 is 5.82 Å². The molecule has 1 aromatic heterocycles. The zero-order valence-corrected chi connectivity index (χ0v) is 18.7. The average Bonchev–Trinajstić information content (AvgIpc) is 2.71. The summed E-state index contributed by atoms with van der Waals surface area (Å²) in [6.45, 7) is 3.34. The summed E-state index contributed by atoms with van der Waals surface area (Å²) in [6, 6.07) is 3.40. The highest BCUT2D eigenvalue weighted by Crippen LogP contribution is 2.40. The molecule has 2 saturated heterocycles. The van der Waals surface area contributed by atoms with Gasteiger partial charge in [-0.2, -0.15) is 13.2 Å². The van der Waals surface area contributed by atoms with Crippen molar-refractivity contribution in [3.63, 3.8) is 0 Å². The van der Waals surface area contributed by atoms with Gasteiger partial charge in [-0.15, -0.1) is 0 Å². The van der Waals surface area contributed by atoms with E-state index in [2.05, 4.69) is 10.3 Å². The molecular formula is C23H26F5N3O3. The number of nitrogens with one attached hydrogen (secondary N) is 1. The molecule has 11 heteroatoms. The first-order valence-corrected chi connectivity index (χ1v) is 10.9. The van der Waals surface area contributed by atoms with Crippen LogP contribution in [-0.2, 0) is 11.8 Å². The summed E-state index contributed by atoms with van der Waals surface area (Å²) in [7, 11) is 0. The lowest BCUT2D eigenvalue weighted by Crippen LogP contribution is -2.60. The Labute approximate surface area is 193 Å². The van der Waals surface area contributed by atoms with Crippen molar-refractivity contribution in [1.29, 1.82) is 0 Å². The number of halogens is 5. The van der Waals surface area contributed by atoms with Crippen molar-refractivity contribution in [3.8, 4) is 5.75 Å². The highest BCUT2D eigenvalue weighted by atomic mass is 19.4. The lowest BCUT2D eigenvalue weighted by atomic mass is 9.79. The SMILES string of the molecule is C[C@H]1C[C@@](O)(c2ccc(F)c(F)c2)C[C@@H](COc2cnc(N3CC(C)(O)C3)c(C(F)(F)F)c2)N1. The topological polar surface area (TPSA) is 77.9 Å². The quantitative estimate of drug-likeness (QED) is 0.562. The third-order valence-corrected chi connectivity index (χ3v) is 6.17. The number of hydrogen-bond donors (Lipinski definition) is 3. The van der Waals surface area contributed by atoms with E-state index in [9.17, 15) is 32.2 Å². The van der Waals surface area contributed by atoms with Gasteiger partial charge in [0.15, 0.2) is 11.6 Å². The highest BCUT2D eigenvalue weighted by Gasteiger charge is 2.43. The molecule has 0 unspecified atom stereocenters. The van der Waals surface area contributed by atoms with Crippen LogP contribution in [0.15, 0.2) is 30.5 Å². The van der Waals surface area contributed by atoms with E-state index in [0.29, 0.717) is 0 Å². The molecule has 2 fully saturated rings. The fraction of sp³-hybridized carbons (Fsp3) is 0.522. The van der Waals surface area contributed by atoms with E-state index in [0.717, 1.165) is 18.2 Å². The number of aromatic nitrogens is 1. The van der Waals surface area contributed by atoms with Crippen LogP contribution >= 0.6 is 0 Å². The Kier molecular flexibility index (Phi) is 6.24. The van der Waals surface area contributed by atoms with Crippen LogP contribution in [0, 0.1) is 11.6 Å². The molecule has 34 heavy (non-hydrogen) atoms. The maximum Gasteiger partial charge on any atom is 0.420 e. The number of nitrogens with zero attached hydrogens (tertiary/aromatic N) is 2. The lowest BCUT2D eigenvalue weighted by Gasteiger charge is -2.45. The van der Waals surface area contributed by atoms with E-state index >= 15 is 0 Å². The molecule has 6 nitrogen and oxygen atoms in total. The molecule has 4 rings (SSSR count). The average molecular weight is 487 g/mol. The first-order valence-electron chi connectivity index (χ1n) is 10.9. The number of benzene rings is 1. The zero-order valence-electron chi connectivity index (χ0n) is 18.7. The summed E-state index contributed by atoms with van der Waals surface area (Å²) in [5, 5.41) is 24.2. The van der Waals surface area contributed by atoms with Crippen LogP contribution in [0.1, 0.15) is 37.8 Å². The Bertz CT molecular complexity index is 1060. The summed E-state index contributed by atoms with van der Waals surface area (Å²) in [4.78, 5) is 5.27. The number of β-amino-alcohol motifs (C(OH)–C–C–N with tert-alkyl or cyclic N) is 1. The Balaban J connectivity index is 1.48. The normalized spacial score (nSPS) is 26.8. The van der Waals surface area contributed by atoms with E-state index < -0.39 is 40.6 Å². The molecular weight excluding hydrogens is 461 g/mol. The Hall–Kier alpha value is -2.50. The summed E-state index contributed by atoms with van der Waals surface area (Å²) in [6.07, 6.45) is -3.16.